The number of alkyl halides is 2. The third-order valence-electron chi connectivity index (χ3n) is 8.13. The maximum Gasteiger partial charge on any atom is 0.387 e. The Morgan fingerprint density at radius 1 is 1.15 bits per heavy atom. The first-order chi connectivity index (χ1) is 19.4. The Hall–Kier alpha value is -3.60. The molecule has 0 amide bonds. The van der Waals surface area contributed by atoms with Crippen LogP contribution in [0.25, 0.3) is 11.3 Å². The van der Waals surface area contributed by atoms with Gasteiger partial charge in [0, 0.05) is 36.3 Å². The zero-order chi connectivity index (χ0) is 27.8. The second-order valence-corrected chi connectivity index (χ2v) is 10.7. The number of pyridine rings is 1. The van der Waals surface area contributed by atoms with E-state index in [0.717, 1.165) is 43.4 Å². The number of carbonyl (C=O) groups excluding carboxylic acids is 1. The molecule has 0 bridgehead atoms. The minimum atomic E-state index is -2.95. The van der Waals surface area contributed by atoms with Crippen molar-refractivity contribution in [3.63, 3.8) is 0 Å². The largest absolute Gasteiger partial charge is 0.465 e. The molecule has 0 spiro atoms. The van der Waals surface area contributed by atoms with E-state index in [1.54, 1.807) is 18.2 Å². The van der Waals surface area contributed by atoms with E-state index in [4.69, 9.17) is 14.0 Å². The average molecular weight is 558 g/mol. The molecule has 212 valence electrons. The fraction of sp³-hybridized carbons (Fsp3) is 0.483. The quantitative estimate of drug-likeness (QED) is 0.298. The summed E-state index contributed by atoms with van der Waals surface area (Å²) in [7, 11) is 1.25. The Bertz CT molecular complexity index is 1380. The maximum atomic E-state index is 14.8. The molecule has 2 aromatic heterocycles. The van der Waals surface area contributed by atoms with E-state index >= 15 is 0 Å². The van der Waals surface area contributed by atoms with Gasteiger partial charge in [-0.15, -0.1) is 0 Å². The Labute approximate surface area is 229 Å². The van der Waals surface area contributed by atoms with Crippen LogP contribution < -0.4 is 9.64 Å². The molecule has 40 heavy (non-hydrogen) atoms. The smallest absolute Gasteiger partial charge is 0.387 e. The minimum absolute atomic E-state index is 0.0110. The summed E-state index contributed by atoms with van der Waals surface area (Å²) < 4.78 is 62.4. The van der Waals surface area contributed by atoms with E-state index in [2.05, 4.69) is 14.9 Å². The van der Waals surface area contributed by atoms with E-state index < -0.39 is 18.4 Å². The number of hydrogen-bond acceptors (Lipinski definition) is 8. The zero-order valence-corrected chi connectivity index (χ0v) is 22.0. The van der Waals surface area contributed by atoms with Crippen molar-refractivity contribution in [2.24, 2.45) is 11.8 Å². The number of ether oxygens (including phenoxy) is 3. The summed E-state index contributed by atoms with van der Waals surface area (Å²) in [6, 6.07) is 7.74. The lowest BCUT2D eigenvalue weighted by atomic mass is 9.80. The molecular weight excluding hydrogens is 527 g/mol. The number of esters is 1. The van der Waals surface area contributed by atoms with Gasteiger partial charge in [0.2, 0.25) is 0 Å². The molecule has 8 nitrogen and oxygen atoms in total. The van der Waals surface area contributed by atoms with Gasteiger partial charge in [0.25, 0.3) is 0 Å². The molecule has 3 atom stereocenters. The molecule has 6 rings (SSSR count). The van der Waals surface area contributed by atoms with Gasteiger partial charge in [0.05, 0.1) is 25.4 Å². The molecule has 1 saturated heterocycles. The SMILES string of the molecule is COC(=O)c1cnc(N2C[C@H]3CC[C@H](OCc4c(-c5ccccc5OC(F)F)noc4C4CC4)C[C@H]3C2)c(F)c1. The topological polar surface area (TPSA) is 86.9 Å². The van der Waals surface area contributed by atoms with Crippen LogP contribution in [-0.4, -0.2) is 49.0 Å². The van der Waals surface area contributed by atoms with Gasteiger partial charge in [-0.2, -0.15) is 8.78 Å². The summed E-state index contributed by atoms with van der Waals surface area (Å²) in [6.45, 7) is -1.35. The second kappa shape index (κ2) is 11.1. The molecule has 0 radical (unpaired) electrons. The van der Waals surface area contributed by atoms with Crippen molar-refractivity contribution in [1.82, 2.24) is 10.1 Å². The molecule has 3 fully saturated rings. The molecule has 11 heteroatoms. The first-order valence-corrected chi connectivity index (χ1v) is 13.5. The number of halogens is 3. The van der Waals surface area contributed by atoms with Gasteiger partial charge in [-0.1, -0.05) is 17.3 Å². The molecule has 1 aromatic carbocycles. The van der Waals surface area contributed by atoms with Crippen molar-refractivity contribution in [3.8, 4) is 17.0 Å². The highest BCUT2D eigenvalue weighted by atomic mass is 19.3. The van der Waals surface area contributed by atoms with E-state index in [1.807, 2.05) is 4.90 Å². The zero-order valence-electron chi connectivity index (χ0n) is 22.0. The molecule has 2 saturated carbocycles. The number of nitrogens with zero attached hydrogens (tertiary/aromatic N) is 3. The van der Waals surface area contributed by atoms with Crippen LogP contribution in [0.3, 0.4) is 0 Å². The van der Waals surface area contributed by atoms with Crippen LogP contribution in [0.1, 0.15) is 59.7 Å². The molecule has 3 aromatic rings. The van der Waals surface area contributed by atoms with Crippen molar-refractivity contribution in [2.75, 3.05) is 25.1 Å². The number of para-hydroxylation sites is 1. The molecule has 3 heterocycles. The van der Waals surface area contributed by atoms with E-state index in [-0.39, 0.29) is 35.8 Å². The fourth-order valence-corrected chi connectivity index (χ4v) is 6.01. The van der Waals surface area contributed by atoms with Crippen molar-refractivity contribution >= 4 is 11.8 Å². The van der Waals surface area contributed by atoms with Crippen LogP contribution in [0.2, 0.25) is 0 Å². The average Bonchev–Trinajstić information content (AvgIpc) is 3.57. The van der Waals surface area contributed by atoms with Crippen LogP contribution >= 0.6 is 0 Å². The molecular formula is C29H30F3N3O5. The molecule has 1 aliphatic heterocycles. The van der Waals surface area contributed by atoms with Gasteiger partial charge in [-0.05, 0) is 62.1 Å². The summed E-state index contributed by atoms with van der Waals surface area (Å²) in [5.74, 6) is 0.832. The molecule has 0 unspecified atom stereocenters. The van der Waals surface area contributed by atoms with Gasteiger partial charge >= 0.3 is 12.6 Å². The highest BCUT2D eigenvalue weighted by molar-refractivity contribution is 5.89. The number of aromatic nitrogens is 2. The number of carbonyl (C=O) groups is 1. The Kier molecular flexibility index (Phi) is 7.39. The number of anilines is 1. The van der Waals surface area contributed by atoms with Crippen LogP contribution in [0.5, 0.6) is 5.75 Å². The Balaban J connectivity index is 1.14. The minimum Gasteiger partial charge on any atom is -0.465 e. The Morgan fingerprint density at radius 2 is 1.95 bits per heavy atom. The summed E-state index contributed by atoms with van der Waals surface area (Å²) in [5, 5.41) is 4.25. The van der Waals surface area contributed by atoms with E-state index in [1.165, 1.54) is 25.4 Å². The predicted octanol–water partition coefficient (Wildman–Crippen LogP) is 5.96. The predicted molar refractivity (Wildman–Crippen MR) is 138 cm³/mol. The van der Waals surface area contributed by atoms with Crippen molar-refractivity contribution < 1.29 is 36.7 Å². The highest BCUT2D eigenvalue weighted by Gasteiger charge is 2.40. The molecule has 3 aliphatic rings. The van der Waals surface area contributed by atoms with Crippen molar-refractivity contribution in [1.29, 1.82) is 0 Å². The lowest BCUT2D eigenvalue weighted by Gasteiger charge is -2.30. The lowest BCUT2D eigenvalue weighted by molar-refractivity contribution is -0.0494. The number of fused-ring (bicyclic) bond motifs is 1. The summed E-state index contributed by atoms with van der Waals surface area (Å²) in [4.78, 5) is 17.9. The van der Waals surface area contributed by atoms with E-state index in [0.29, 0.717) is 36.2 Å². The number of hydrogen-bond donors (Lipinski definition) is 0. The van der Waals surface area contributed by atoms with Gasteiger partial charge in [-0.3, -0.25) is 0 Å². The van der Waals surface area contributed by atoms with Gasteiger partial charge < -0.3 is 23.6 Å². The van der Waals surface area contributed by atoms with E-state index in [9.17, 15) is 18.0 Å². The van der Waals surface area contributed by atoms with Crippen molar-refractivity contribution in [2.45, 2.75) is 57.3 Å². The van der Waals surface area contributed by atoms with Crippen LogP contribution in [0.15, 0.2) is 41.1 Å². The number of benzene rings is 1. The van der Waals surface area contributed by atoms with Crippen LogP contribution in [0, 0.1) is 17.7 Å². The highest BCUT2D eigenvalue weighted by Crippen LogP contribution is 2.46. The second-order valence-electron chi connectivity index (χ2n) is 10.7. The monoisotopic (exact) mass is 557 g/mol. The third-order valence-corrected chi connectivity index (χ3v) is 8.13. The Morgan fingerprint density at radius 3 is 2.70 bits per heavy atom. The molecule has 2 aliphatic carbocycles. The summed E-state index contributed by atoms with van der Waals surface area (Å²) in [6.07, 6.45) is 5.92. The maximum absolute atomic E-state index is 14.8. The van der Waals surface area contributed by atoms with Gasteiger partial charge in [0.15, 0.2) is 11.6 Å². The number of rotatable bonds is 9. The fourth-order valence-electron chi connectivity index (χ4n) is 6.01. The molecule has 0 N–H and O–H groups in total. The third kappa shape index (κ3) is 5.39. The summed E-state index contributed by atoms with van der Waals surface area (Å²) in [5.41, 5.74) is 1.77. The van der Waals surface area contributed by atoms with Gasteiger partial charge in [0.1, 0.15) is 17.2 Å². The first-order valence-electron chi connectivity index (χ1n) is 13.5. The first kappa shape index (κ1) is 26.6. The van der Waals surface area contributed by atoms with Crippen molar-refractivity contribution in [3.05, 3.63) is 59.2 Å². The summed E-state index contributed by atoms with van der Waals surface area (Å²) >= 11 is 0. The standard InChI is InChI=1S/C29H30F3N3O5/c1-37-28(36)18-11-23(30)27(33-12-18)35-13-17-8-9-20(10-19(17)14-35)38-15-22-25(34-40-26(22)16-6-7-16)21-4-2-3-5-24(21)39-29(31)32/h2-5,11-12,16-17,19-20,29H,6-10,13-15H2,1H3/t17-,19+,20+/m1/s1. The number of methoxy groups -OCH3 is 1. The lowest BCUT2D eigenvalue weighted by Crippen LogP contribution is -2.28. The van der Waals surface area contributed by atoms with Gasteiger partial charge in [-0.25, -0.2) is 14.2 Å². The van der Waals surface area contributed by atoms with Crippen LogP contribution in [0.4, 0.5) is 19.0 Å². The van der Waals surface area contributed by atoms with Crippen LogP contribution in [-0.2, 0) is 16.1 Å². The normalized spacial score (nSPS) is 22.4.